The van der Waals surface area contributed by atoms with E-state index in [1.54, 1.807) is 23.1 Å². The predicted molar refractivity (Wildman–Crippen MR) is 115 cm³/mol. The SMILES string of the molecule is Cc1ccc(C(=O)N2C[C@@H]3C[C@@H](O)[C@@H]3C2)cc1NC(=O)c1cc(-c2ccccc2)on1. The van der Waals surface area contributed by atoms with Gasteiger partial charge in [-0.15, -0.1) is 0 Å². The van der Waals surface area contributed by atoms with Crippen LogP contribution in [0.5, 0.6) is 0 Å². The van der Waals surface area contributed by atoms with Crippen LogP contribution in [0.3, 0.4) is 0 Å². The van der Waals surface area contributed by atoms with Crippen LogP contribution in [0.2, 0.25) is 0 Å². The second-order valence-corrected chi connectivity index (χ2v) is 8.36. The van der Waals surface area contributed by atoms with Crippen molar-refractivity contribution in [2.24, 2.45) is 11.8 Å². The Balaban J connectivity index is 1.31. The number of amides is 2. The van der Waals surface area contributed by atoms with Crippen molar-refractivity contribution in [1.82, 2.24) is 10.1 Å². The Morgan fingerprint density at radius 2 is 1.94 bits per heavy atom. The molecule has 0 spiro atoms. The molecule has 1 saturated carbocycles. The van der Waals surface area contributed by atoms with Crippen molar-refractivity contribution >= 4 is 17.5 Å². The van der Waals surface area contributed by atoms with E-state index in [0.717, 1.165) is 17.5 Å². The summed E-state index contributed by atoms with van der Waals surface area (Å²) in [5.41, 5.74) is 2.92. The van der Waals surface area contributed by atoms with Gasteiger partial charge in [-0.05, 0) is 37.0 Å². The molecule has 7 heteroatoms. The number of rotatable bonds is 4. The number of anilines is 1. The quantitative estimate of drug-likeness (QED) is 0.679. The maximum absolute atomic E-state index is 13.0. The molecule has 3 aromatic rings. The molecule has 0 radical (unpaired) electrons. The molecule has 1 aliphatic heterocycles. The molecule has 7 nitrogen and oxygen atoms in total. The summed E-state index contributed by atoms with van der Waals surface area (Å²) in [5, 5.41) is 16.6. The molecule has 0 bridgehead atoms. The van der Waals surface area contributed by atoms with Crippen LogP contribution in [-0.4, -0.2) is 46.2 Å². The summed E-state index contributed by atoms with van der Waals surface area (Å²) in [6, 6.07) is 16.3. The Kier molecular flexibility index (Phi) is 4.82. The Bertz CT molecular complexity index is 1140. The molecule has 5 rings (SSSR count). The van der Waals surface area contributed by atoms with Crippen molar-refractivity contribution in [1.29, 1.82) is 0 Å². The molecule has 2 aromatic carbocycles. The second-order valence-electron chi connectivity index (χ2n) is 8.36. The molecule has 1 saturated heterocycles. The topological polar surface area (TPSA) is 95.7 Å². The Morgan fingerprint density at radius 3 is 2.68 bits per heavy atom. The highest BCUT2D eigenvalue weighted by molar-refractivity contribution is 6.04. The van der Waals surface area contributed by atoms with E-state index in [1.807, 2.05) is 43.3 Å². The van der Waals surface area contributed by atoms with E-state index in [2.05, 4.69) is 10.5 Å². The standard InChI is InChI=1S/C24H23N3O4/c1-14-7-8-16(24(30)27-12-17-10-21(28)18(17)13-27)9-19(14)25-23(29)20-11-22(31-26-20)15-5-3-2-4-6-15/h2-9,11,17-18,21,28H,10,12-13H2,1H3,(H,25,29)/t17-,18+,21+/m0/s1. The van der Waals surface area contributed by atoms with Crippen LogP contribution in [0.15, 0.2) is 59.1 Å². The lowest BCUT2D eigenvalue weighted by molar-refractivity contribution is -0.00427. The normalized spacial score (nSPS) is 22.0. The number of hydrogen-bond donors (Lipinski definition) is 2. The van der Waals surface area contributed by atoms with Gasteiger partial charge in [0.1, 0.15) is 0 Å². The first-order chi connectivity index (χ1) is 15.0. The molecular formula is C24H23N3O4. The maximum Gasteiger partial charge on any atom is 0.277 e. The lowest BCUT2D eigenvalue weighted by Gasteiger charge is -2.34. The van der Waals surface area contributed by atoms with E-state index >= 15 is 0 Å². The average Bonchev–Trinajstić information content (AvgIpc) is 3.40. The number of likely N-dealkylation sites (tertiary alicyclic amines) is 1. The number of aromatic nitrogens is 1. The minimum atomic E-state index is -0.402. The third kappa shape index (κ3) is 3.61. The number of fused-ring (bicyclic) bond motifs is 1. The van der Waals surface area contributed by atoms with Gasteiger partial charge in [0.05, 0.1) is 6.10 Å². The van der Waals surface area contributed by atoms with E-state index in [0.29, 0.717) is 36.0 Å². The Hall–Kier alpha value is -3.45. The van der Waals surface area contributed by atoms with Gasteiger partial charge in [0.2, 0.25) is 0 Å². The molecule has 2 fully saturated rings. The van der Waals surface area contributed by atoms with Crippen molar-refractivity contribution in [2.45, 2.75) is 19.4 Å². The number of hydrogen-bond acceptors (Lipinski definition) is 5. The van der Waals surface area contributed by atoms with E-state index in [4.69, 9.17) is 4.52 Å². The number of benzene rings is 2. The Labute approximate surface area is 179 Å². The minimum Gasteiger partial charge on any atom is -0.393 e. The Morgan fingerprint density at radius 1 is 1.13 bits per heavy atom. The summed E-state index contributed by atoms with van der Waals surface area (Å²) in [6.45, 7) is 3.13. The zero-order valence-electron chi connectivity index (χ0n) is 17.1. The number of aryl methyl sites for hydroxylation is 1. The predicted octanol–water partition coefficient (Wildman–Crippen LogP) is 3.36. The number of carbonyl (C=O) groups excluding carboxylic acids is 2. The fourth-order valence-electron chi connectivity index (χ4n) is 4.42. The lowest BCUT2D eigenvalue weighted by Crippen LogP contribution is -2.39. The van der Waals surface area contributed by atoms with Crippen LogP contribution in [0.1, 0.15) is 32.8 Å². The molecule has 0 unspecified atom stereocenters. The number of aliphatic hydroxyl groups is 1. The van der Waals surface area contributed by atoms with Crippen LogP contribution in [0.4, 0.5) is 5.69 Å². The van der Waals surface area contributed by atoms with E-state index in [1.165, 1.54) is 0 Å². The molecule has 1 aliphatic carbocycles. The van der Waals surface area contributed by atoms with Gasteiger partial charge in [0, 0.05) is 41.9 Å². The summed E-state index contributed by atoms with van der Waals surface area (Å²) in [4.78, 5) is 27.5. The zero-order chi connectivity index (χ0) is 21.5. The number of carbonyl (C=O) groups is 2. The van der Waals surface area contributed by atoms with Crippen molar-refractivity contribution in [3.05, 3.63) is 71.4 Å². The minimum absolute atomic E-state index is 0.0788. The van der Waals surface area contributed by atoms with Gasteiger partial charge in [0.15, 0.2) is 11.5 Å². The van der Waals surface area contributed by atoms with Gasteiger partial charge in [-0.25, -0.2) is 0 Å². The van der Waals surface area contributed by atoms with Gasteiger partial charge < -0.3 is 19.8 Å². The molecule has 2 amide bonds. The number of nitrogens with zero attached hydrogens (tertiary/aromatic N) is 2. The van der Waals surface area contributed by atoms with Crippen LogP contribution in [-0.2, 0) is 0 Å². The van der Waals surface area contributed by atoms with Gasteiger partial charge in [-0.3, -0.25) is 9.59 Å². The first-order valence-electron chi connectivity index (χ1n) is 10.4. The first kappa shape index (κ1) is 19.5. The summed E-state index contributed by atoms with van der Waals surface area (Å²) in [7, 11) is 0. The van der Waals surface area contributed by atoms with Crippen molar-refractivity contribution in [3.63, 3.8) is 0 Å². The fourth-order valence-corrected chi connectivity index (χ4v) is 4.42. The second kappa shape index (κ2) is 7.67. The first-order valence-corrected chi connectivity index (χ1v) is 10.4. The van der Waals surface area contributed by atoms with Gasteiger partial charge >= 0.3 is 0 Å². The maximum atomic E-state index is 13.0. The van der Waals surface area contributed by atoms with Crippen LogP contribution in [0, 0.1) is 18.8 Å². The largest absolute Gasteiger partial charge is 0.393 e. The van der Waals surface area contributed by atoms with Crippen LogP contribution < -0.4 is 5.32 Å². The summed E-state index contributed by atoms with van der Waals surface area (Å²) < 4.78 is 5.31. The molecule has 3 atom stereocenters. The highest BCUT2D eigenvalue weighted by Gasteiger charge is 2.47. The monoisotopic (exact) mass is 417 g/mol. The fraction of sp³-hybridized carbons (Fsp3) is 0.292. The zero-order valence-corrected chi connectivity index (χ0v) is 17.1. The molecular weight excluding hydrogens is 394 g/mol. The van der Waals surface area contributed by atoms with Gasteiger partial charge in [-0.2, -0.15) is 0 Å². The summed E-state index contributed by atoms with van der Waals surface area (Å²) in [5.74, 6) is 0.622. The van der Waals surface area contributed by atoms with E-state index < -0.39 is 5.91 Å². The van der Waals surface area contributed by atoms with Crippen molar-refractivity contribution in [2.75, 3.05) is 18.4 Å². The molecule has 158 valence electrons. The van der Waals surface area contributed by atoms with Crippen LogP contribution >= 0.6 is 0 Å². The lowest BCUT2D eigenvalue weighted by atomic mass is 9.74. The van der Waals surface area contributed by atoms with E-state index in [-0.39, 0.29) is 23.6 Å². The van der Waals surface area contributed by atoms with E-state index in [9.17, 15) is 14.7 Å². The van der Waals surface area contributed by atoms with Crippen LogP contribution in [0.25, 0.3) is 11.3 Å². The number of aliphatic hydroxyl groups excluding tert-OH is 1. The molecule has 1 aromatic heterocycles. The van der Waals surface area contributed by atoms with Crippen molar-refractivity contribution < 1.29 is 19.2 Å². The third-order valence-corrected chi connectivity index (χ3v) is 6.35. The molecule has 2 heterocycles. The summed E-state index contributed by atoms with van der Waals surface area (Å²) in [6.07, 6.45) is 0.477. The smallest absolute Gasteiger partial charge is 0.277 e. The molecule has 2 aliphatic rings. The third-order valence-electron chi connectivity index (χ3n) is 6.35. The van der Waals surface area contributed by atoms with Gasteiger partial charge in [0.25, 0.3) is 11.8 Å². The van der Waals surface area contributed by atoms with Crippen molar-refractivity contribution in [3.8, 4) is 11.3 Å². The average molecular weight is 417 g/mol. The highest BCUT2D eigenvalue weighted by Crippen LogP contribution is 2.41. The highest BCUT2D eigenvalue weighted by atomic mass is 16.5. The van der Waals surface area contributed by atoms with Gasteiger partial charge in [-0.1, -0.05) is 41.6 Å². The molecule has 31 heavy (non-hydrogen) atoms. The molecule has 2 N–H and O–H groups in total. The summed E-state index contributed by atoms with van der Waals surface area (Å²) >= 11 is 0. The number of nitrogens with one attached hydrogen (secondary N) is 1.